The Labute approximate surface area is 170 Å². The second-order valence-electron chi connectivity index (χ2n) is 5.20. The monoisotopic (exact) mass is 484 g/mol. The maximum Gasteiger partial charge on any atom is 0.221 e. The van der Waals surface area contributed by atoms with E-state index in [1.54, 1.807) is 18.8 Å². The van der Waals surface area contributed by atoms with Gasteiger partial charge in [-0.1, -0.05) is 11.6 Å². The van der Waals surface area contributed by atoms with Crippen molar-refractivity contribution in [3.8, 4) is 0 Å². The molecule has 0 atom stereocenters. The van der Waals surface area contributed by atoms with E-state index < -0.39 is 0 Å². The minimum absolute atomic E-state index is 0. The van der Waals surface area contributed by atoms with Crippen molar-refractivity contribution in [2.45, 2.75) is 31.2 Å². The molecule has 0 aliphatic rings. The lowest BCUT2D eigenvalue weighted by Crippen LogP contribution is -2.40. The first kappa shape index (κ1) is 23.3. The van der Waals surface area contributed by atoms with E-state index in [0.717, 1.165) is 17.3 Å². The lowest BCUT2D eigenvalue weighted by atomic mass is 10.3. The Morgan fingerprint density at radius 2 is 1.83 bits per heavy atom. The normalized spacial score (nSPS) is 11.0. The van der Waals surface area contributed by atoms with Gasteiger partial charge in [0.15, 0.2) is 5.96 Å². The predicted octanol–water partition coefficient (Wildman–Crippen LogP) is 3.13. The van der Waals surface area contributed by atoms with Crippen LogP contribution in [0.1, 0.15) is 20.3 Å². The zero-order valence-corrected chi connectivity index (χ0v) is 18.2. The van der Waals surface area contributed by atoms with Gasteiger partial charge in [-0.2, -0.15) is 0 Å². The zero-order chi connectivity index (χ0) is 17.1. The van der Waals surface area contributed by atoms with Gasteiger partial charge in [0.25, 0.3) is 0 Å². The van der Waals surface area contributed by atoms with Gasteiger partial charge in [0.2, 0.25) is 5.91 Å². The molecule has 0 radical (unpaired) electrons. The number of guanidine groups is 1. The van der Waals surface area contributed by atoms with Gasteiger partial charge in [0.05, 0.1) is 0 Å². The molecule has 3 N–H and O–H groups in total. The number of hydrogen-bond donors (Lipinski definition) is 3. The molecule has 0 fully saturated rings. The average Bonchev–Trinajstić information content (AvgIpc) is 2.50. The molecule has 1 aromatic rings. The van der Waals surface area contributed by atoms with E-state index in [0.29, 0.717) is 18.9 Å². The Balaban J connectivity index is 0.00000529. The van der Waals surface area contributed by atoms with Gasteiger partial charge in [-0.25, -0.2) is 0 Å². The minimum Gasteiger partial charge on any atom is -0.356 e. The van der Waals surface area contributed by atoms with Gasteiger partial charge in [-0.3, -0.25) is 9.79 Å². The fraction of sp³-hybridized carbons (Fsp3) is 0.500. The number of halogens is 2. The van der Waals surface area contributed by atoms with Crippen molar-refractivity contribution < 1.29 is 4.79 Å². The molecule has 1 rings (SSSR count). The summed E-state index contributed by atoms with van der Waals surface area (Å²) in [5.74, 6) is 1.66. The predicted molar refractivity (Wildman–Crippen MR) is 115 cm³/mol. The Morgan fingerprint density at radius 3 is 2.42 bits per heavy atom. The number of carbonyl (C=O) groups excluding carboxylic acids is 1. The van der Waals surface area contributed by atoms with E-state index in [1.807, 2.05) is 38.1 Å². The summed E-state index contributed by atoms with van der Waals surface area (Å²) in [5.41, 5.74) is 0. The van der Waals surface area contributed by atoms with E-state index in [2.05, 4.69) is 20.9 Å². The van der Waals surface area contributed by atoms with Crippen LogP contribution in [0.15, 0.2) is 34.2 Å². The van der Waals surface area contributed by atoms with E-state index in [4.69, 9.17) is 11.6 Å². The molecular weight excluding hydrogens is 459 g/mol. The first-order chi connectivity index (χ1) is 11.0. The van der Waals surface area contributed by atoms with Crippen molar-refractivity contribution in [1.29, 1.82) is 0 Å². The number of nitrogens with zero attached hydrogens (tertiary/aromatic N) is 1. The summed E-state index contributed by atoms with van der Waals surface area (Å²) in [5, 5.41) is 9.96. The summed E-state index contributed by atoms with van der Waals surface area (Å²) in [6.07, 6.45) is 0.429. The van der Waals surface area contributed by atoms with Crippen LogP contribution in [0.4, 0.5) is 0 Å². The number of carbonyl (C=O) groups is 1. The highest BCUT2D eigenvalue weighted by Gasteiger charge is 2.03. The van der Waals surface area contributed by atoms with Crippen LogP contribution >= 0.6 is 47.3 Å². The molecule has 0 aromatic heterocycles. The molecule has 1 aromatic carbocycles. The molecule has 24 heavy (non-hydrogen) atoms. The minimum atomic E-state index is 0. The summed E-state index contributed by atoms with van der Waals surface area (Å²) in [4.78, 5) is 16.9. The van der Waals surface area contributed by atoms with Crippen LogP contribution in [-0.4, -0.2) is 43.8 Å². The van der Waals surface area contributed by atoms with Gasteiger partial charge in [-0.05, 0) is 38.1 Å². The molecule has 8 heteroatoms. The Hall–Kier alpha value is -0.670. The molecule has 5 nitrogen and oxygen atoms in total. The smallest absolute Gasteiger partial charge is 0.221 e. The Morgan fingerprint density at radius 1 is 1.21 bits per heavy atom. The fourth-order valence-electron chi connectivity index (χ4n) is 1.78. The standard InChI is InChI=1S/C16H25ClN4OS.HI/c1-12(2)21-15(22)8-9-19-16(18-3)20-10-11-23-14-6-4-13(17)5-7-14;/h4-7,12H,8-11H2,1-3H3,(H,21,22)(H2,18,19,20);1H. The second-order valence-corrected chi connectivity index (χ2v) is 6.81. The SMILES string of the molecule is CN=C(NCCSc1ccc(Cl)cc1)NCCC(=O)NC(C)C.I. The van der Waals surface area contributed by atoms with Crippen molar-refractivity contribution in [2.75, 3.05) is 25.9 Å². The van der Waals surface area contributed by atoms with Gasteiger partial charge >= 0.3 is 0 Å². The first-order valence-corrected chi connectivity index (χ1v) is 9.00. The molecule has 0 aliphatic heterocycles. The fourth-order valence-corrected chi connectivity index (χ4v) is 2.67. The molecule has 0 aliphatic carbocycles. The number of hydrogen-bond acceptors (Lipinski definition) is 3. The van der Waals surface area contributed by atoms with Crippen molar-refractivity contribution in [3.63, 3.8) is 0 Å². The molecule has 0 bridgehead atoms. The highest BCUT2D eigenvalue weighted by Crippen LogP contribution is 2.19. The highest BCUT2D eigenvalue weighted by atomic mass is 127. The summed E-state index contributed by atoms with van der Waals surface area (Å²) in [7, 11) is 1.72. The van der Waals surface area contributed by atoms with Crippen LogP contribution in [0.2, 0.25) is 5.02 Å². The van der Waals surface area contributed by atoms with Crippen LogP contribution in [0.25, 0.3) is 0 Å². The number of thioether (sulfide) groups is 1. The van der Waals surface area contributed by atoms with Gasteiger partial charge in [0.1, 0.15) is 0 Å². The summed E-state index contributed by atoms with van der Waals surface area (Å²) < 4.78 is 0. The average molecular weight is 485 g/mol. The van der Waals surface area contributed by atoms with E-state index in [1.165, 1.54) is 4.90 Å². The van der Waals surface area contributed by atoms with Gasteiger partial charge < -0.3 is 16.0 Å². The van der Waals surface area contributed by atoms with Crippen LogP contribution in [0.5, 0.6) is 0 Å². The highest BCUT2D eigenvalue weighted by molar-refractivity contribution is 14.0. The lowest BCUT2D eigenvalue weighted by Gasteiger charge is -2.12. The number of rotatable bonds is 8. The van der Waals surface area contributed by atoms with Crippen LogP contribution in [0, 0.1) is 0 Å². The maximum absolute atomic E-state index is 11.5. The topological polar surface area (TPSA) is 65.5 Å². The van der Waals surface area contributed by atoms with Crippen molar-refractivity contribution >= 4 is 59.2 Å². The van der Waals surface area contributed by atoms with Gasteiger partial charge in [0, 0.05) is 48.3 Å². The van der Waals surface area contributed by atoms with Crippen LogP contribution in [-0.2, 0) is 4.79 Å². The second kappa shape index (κ2) is 13.6. The third-order valence-corrected chi connectivity index (χ3v) is 4.06. The van der Waals surface area contributed by atoms with E-state index >= 15 is 0 Å². The molecule has 1 amide bonds. The number of nitrogens with one attached hydrogen (secondary N) is 3. The molecule has 0 heterocycles. The largest absolute Gasteiger partial charge is 0.356 e. The number of amides is 1. The van der Waals surface area contributed by atoms with Crippen LogP contribution in [0.3, 0.4) is 0 Å². The number of benzene rings is 1. The summed E-state index contributed by atoms with van der Waals surface area (Å²) >= 11 is 7.61. The molecule has 0 saturated carbocycles. The Bertz CT molecular complexity index is 511. The van der Waals surface area contributed by atoms with Gasteiger partial charge in [-0.15, -0.1) is 35.7 Å². The molecule has 136 valence electrons. The lowest BCUT2D eigenvalue weighted by molar-refractivity contribution is -0.121. The van der Waals surface area contributed by atoms with Crippen molar-refractivity contribution in [3.05, 3.63) is 29.3 Å². The van der Waals surface area contributed by atoms with Crippen molar-refractivity contribution in [1.82, 2.24) is 16.0 Å². The number of aliphatic imine (C=N–C) groups is 1. The van der Waals surface area contributed by atoms with Crippen molar-refractivity contribution in [2.24, 2.45) is 4.99 Å². The van der Waals surface area contributed by atoms with Crippen LogP contribution < -0.4 is 16.0 Å². The third-order valence-electron chi connectivity index (χ3n) is 2.79. The quantitative estimate of drug-likeness (QED) is 0.174. The molecular formula is C16H26ClIN4OS. The zero-order valence-electron chi connectivity index (χ0n) is 14.3. The molecule has 0 spiro atoms. The molecule has 0 saturated heterocycles. The van der Waals surface area contributed by atoms with E-state index in [9.17, 15) is 4.79 Å². The molecule has 0 unspecified atom stereocenters. The Kier molecular flexibility index (Phi) is 13.2. The maximum atomic E-state index is 11.5. The van der Waals surface area contributed by atoms with E-state index in [-0.39, 0.29) is 35.9 Å². The third kappa shape index (κ3) is 11.0. The first-order valence-electron chi connectivity index (χ1n) is 7.63. The summed E-state index contributed by atoms with van der Waals surface area (Å²) in [6, 6.07) is 7.96. The summed E-state index contributed by atoms with van der Waals surface area (Å²) in [6.45, 7) is 5.24.